The lowest BCUT2D eigenvalue weighted by Gasteiger charge is -2.22. The van der Waals surface area contributed by atoms with E-state index in [0.717, 1.165) is 10.5 Å². The second kappa shape index (κ2) is 9.87. The molecule has 0 spiro atoms. The van der Waals surface area contributed by atoms with Crippen LogP contribution in [0.15, 0.2) is 59.5 Å². The Labute approximate surface area is 157 Å². The van der Waals surface area contributed by atoms with E-state index in [1.54, 1.807) is 18.7 Å². The highest BCUT2D eigenvalue weighted by molar-refractivity contribution is 7.98. The van der Waals surface area contributed by atoms with Crippen LogP contribution in [0.5, 0.6) is 5.75 Å². The first-order valence-electron chi connectivity index (χ1n) is 8.37. The molecule has 0 fully saturated rings. The van der Waals surface area contributed by atoms with Crippen molar-refractivity contribution in [2.75, 3.05) is 6.26 Å². The molecule has 2 atom stereocenters. The Balaban J connectivity index is 2.01. The van der Waals surface area contributed by atoms with Crippen molar-refractivity contribution in [3.05, 3.63) is 60.2 Å². The number of carboxylic acid groups (broad SMARTS) is 1. The number of benzene rings is 2. The Morgan fingerprint density at radius 1 is 1.12 bits per heavy atom. The predicted octanol–water partition coefficient (Wildman–Crippen LogP) is 3.90. The molecule has 2 unspecified atom stereocenters. The fourth-order valence-electron chi connectivity index (χ4n) is 2.48. The van der Waals surface area contributed by atoms with Crippen LogP contribution >= 0.6 is 11.8 Å². The molecule has 0 radical (unpaired) electrons. The van der Waals surface area contributed by atoms with E-state index in [2.05, 4.69) is 5.32 Å². The van der Waals surface area contributed by atoms with Crippen molar-refractivity contribution in [1.29, 1.82) is 0 Å². The van der Waals surface area contributed by atoms with Crippen LogP contribution in [-0.2, 0) is 9.59 Å². The molecule has 5 nitrogen and oxygen atoms in total. The van der Waals surface area contributed by atoms with Crippen molar-refractivity contribution in [3.8, 4) is 5.75 Å². The van der Waals surface area contributed by atoms with Gasteiger partial charge in [-0.05, 0) is 49.4 Å². The third kappa shape index (κ3) is 6.11. The van der Waals surface area contributed by atoms with Gasteiger partial charge in [0.25, 0.3) is 5.91 Å². The number of thioether (sulfide) groups is 1. The predicted molar refractivity (Wildman–Crippen MR) is 103 cm³/mol. The zero-order valence-electron chi connectivity index (χ0n) is 14.8. The number of hydrogen-bond donors (Lipinski definition) is 2. The maximum Gasteiger partial charge on any atom is 0.303 e. The van der Waals surface area contributed by atoms with E-state index in [1.165, 1.54) is 0 Å². The van der Waals surface area contributed by atoms with Crippen LogP contribution < -0.4 is 10.1 Å². The smallest absolute Gasteiger partial charge is 0.303 e. The normalized spacial score (nSPS) is 12.8. The summed E-state index contributed by atoms with van der Waals surface area (Å²) < 4.78 is 5.70. The van der Waals surface area contributed by atoms with E-state index in [-0.39, 0.29) is 18.4 Å². The number of carbonyl (C=O) groups excluding carboxylic acids is 1. The molecule has 0 aromatic heterocycles. The van der Waals surface area contributed by atoms with E-state index in [9.17, 15) is 9.59 Å². The van der Waals surface area contributed by atoms with Gasteiger partial charge in [-0.15, -0.1) is 11.8 Å². The zero-order chi connectivity index (χ0) is 18.9. The van der Waals surface area contributed by atoms with Gasteiger partial charge < -0.3 is 15.2 Å². The van der Waals surface area contributed by atoms with Crippen molar-refractivity contribution >= 4 is 23.6 Å². The van der Waals surface area contributed by atoms with Gasteiger partial charge in [0.15, 0.2) is 6.10 Å². The summed E-state index contributed by atoms with van der Waals surface area (Å²) >= 11 is 1.63. The number of nitrogens with one attached hydrogen (secondary N) is 1. The Hall–Kier alpha value is -2.47. The summed E-state index contributed by atoms with van der Waals surface area (Å²) in [5, 5.41) is 11.9. The summed E-state index contributed by atoms with van der Waals surface area (Å²) in [7, 11) is 0. The van der Waals surface area contributed by atoms with Gasteiger partial charge in [-0.1, -0.05) is 30.3 Å². The van der Waals surface area contributed by atoms with Crippen LogP contribution in [0.2, 0.25) is 0 Å². The van der Waals surface area contributed by atoms with Crippen LogP contribution in [0.3, 0.4) is 0 Å². The summed E-state index contributed by atoms with van der Waals surface area (Å²) in [6, 6.07) is 16.5. The SMILES string of the molecule is CSc1ccc(OC(C)C(=O)NC(CCC(=O)O)c2ccccc2)cc1. The van der Waals surface area contributed by atoms with Crippen molar-refractivity contribution in [2.45, 2.75) is 36.8 Å². The monoisotopic (exact) mass is 373 g/mol. The van der Waals surface area contributed by atoms with E-state index in [0.29, 0.717) is 12.2 Å². The Morgan fingerprint density at radius 3 is 2.35 bits per heavy atom. The molecule has 2 N–H and O–H groups in total. The molecule has 2 rings (SSSR count). The van der Waals surface area contributed by atoms with Crippen LogP contribution in [0.25, 0.3) is 0 Å². The molecule has 0 heterocycles. The Morgan fingerprint density at radius 2 is 1.77 bits per heavy atom. The molecule has 26 heavy (non-hydrogen) atoms. The van der Waals surface area contributed by atoms with Gasteiger partial charge in [-0.25, -0.2) is 0 Å². The molecule has 0 aliphatic heterocycles. The quantitative estimate of drug-likeness (QED) is 0.652. The molecule has 0 aliphatic rings. The number of carboxylic acids is 1. The van der Waals surface area contributed by atoms with Crippen molar-refractivity contribution in [2.24, 2.45) is 0 Å². The maximum atomic E-state index is 12.5. The highest BCUT2D eigenvalue weighted by atomic mass is 32.2. The third-order valence-electron chi connectivity index (χ3n) is 3.91. The van der Waals surface area contributed by atoms with Crippen LogP contribution in [0.4, 0.5) is 0 Å². The van der Waals surface area contributed by atoms with Gasteiger partial charge >= 0.3 is 5.97 Å². The van der Waals surface area contributed by atoms with Gasteiger partial charge in [-0.2, -0.15) is 0 Å². The minimum absolute atomic E-state index is 0.0226. The maximum absolute atomic E-state index is 12.5. The van der Waals surface area contributed by atoms with Gasteiger partial charge in [0.05, 0.1) is 6.04 Å². The first kappa shape index (κ1) is 19.8. The summed E-state index contributed by atoms with van der Waals surface area (Å²) in [6.45, 7) is 1.68. The van der Waals surface area contributed by atoms with Crippen LogP contribution in [-0.4, -0.2) is 29.3 Å². The molecule has 0 aliphatic carbocycles. The lowest BCUT2D eigenvalue weighted by molar-refractivity contribution is -0.137. The van der Waals surface area contributed by atoms with E-state index in [1.807, 2.05) is 60.9 Å². The molecule has 6 heteroatoms. The van der Waals surface area contributed by atoms with Crippen molar-refractivity contribution in [1.82, 2.24) is 5.32 Å². The average molecular weight is 373 g/mol. The minimum atomic E-state index is -0.890. The summed E-state index contributed by atoms with van der Waals surface area (Å²) in [6.07, 6.45) is 1.60. The first-order valence-corrected chi connectivity index (χ1v) is 9.60. The second-order valence-electron chi connectivity index (χ2n) is 5.84. The molecule has 2 aromatic carbocycles. The lowest BCUT2D eigenvalue weighted by atomic mass is 10.0. The van der Waals surface area contributed by atoms with Crippen LogP contribution in [0, 0.1) is 0 Å². The molecule has 1 amide bonds. The van der Waals surface area contributed by atoms with Gasteiger partial charge in [0.2, 0.25) is 0 Å². The zero-order valence-corrected chi connectivity index (χ0v) is 15.7. The molecule has 2 aromatic rings. The van der Waals surface area contributed by atoms with Crippen molar-refractivity contribution < 1.29 is 19.4 Å². The molecular formula is C20H23NO4S. The summed E-state index contributed by atoms with van der Waals surface area (Å²) in [5.41, 5.74) is 0.874. The number of amides is 1. The number of hydrogen-bond acceptors (Lipinski definition) is 4. The topological polar surface area (TPSA) is 75.6 Å². The average Bonchev–Trinajstić information content (AvgIpc) is 2.66. The van der Waals surface area contributed by atoms with Crippen LogP contribution in [0.1, 0.15) is 31.4 Å². The van der Waals surface area contributed by atoms with E-state index < -0.39 is 12.1 Å². The number of rotatable bonds is 9. The highest BCUT2D eigenvalue weighted by Crippen LogP contribution is 2.21. The lowest BCUT2D eigenvalue weighted by Crippen LogP contribution is -2.38. The molecule has 138 valence electrons. The fourth-order valence-corrected chi connectivity index (χ4v) is 2.88. The standard InChI is InChI=1S/C20H23NO4S/c1-14(25-16-8-10-17(26-2)11-9-16)20(24)21-18(12-13-19(22)23)15-6-4-3-5-7-15/h3-11,14,18H,12-13H2,1-2H3,(H,21,24)(H,22,23). The van der Waals surface area contributed by atoms with E-state index in [4.69, 9.17) is 9.84 Å². The second-order valence-corrected chi connectivity index (χ2v) is 6.72. The first-order chi connectivity index (χ1) is 12.5. The highest BCUT2D eigenvalue weighted by Gasteiger charge is 2.21. The summed E-state index contributed by atoms with van der Waals surface area (Å²) in [5.74, 6) is -0.552. The number of carbonyl (C=O) groups is 2. The molecule has 0 saturated heterocycles. The van der Waals surface area contributed by atoms with Crippen molar-refractivity contribution in [3.63, 3.8) is 0 Å². The minimum Gasteiger partial charge on any atom is -0.481 e. The largest absolute Gasteiger partial charge is 0.481 e. The third-order valence-corrected chi connectivity index (χ3v) is 4.65. The molecule has 0 saturated carbocycles. The number of aliphatic carboxylic acids is 1. The van der Waals surface area contributed by atoms with Gasteiger partial charge in [0, 0.05) is 11.3 Å². The Kier molecular flexibility index (Phi) is 7.53. The Bertz CT molecular complexity index is 718. The fraction of sp³-hybridized carbons (Fsp3) is 0.300. The summed E-state index contributed by atoms with van der Waals surface area (Å²) in [4.78, 5) is 24.5. The molecule has 0 bridgehead atoms. The van der Waals surface area contributed by atoms with E-state index >= 15 is 0 Å². The number of ether oxygens (including phenoxy) is 1. The van der Waals surface area contributed by atoms with Gasteiger partial charge in [0.1, 0.15) is 5.75 Å². The van der Waals surface area contributed by atoms with Gasteiger partial charge in [-0.3, -0.25) is 9.59 Å². The molecular weight excluding hydrogens is 350 g/mol.